The topological polar surface area (TPSA) is 46.2 Å². The van der Waals surface area contributed by atoms with E-state index in [1.165, 1.54) is 0 Å². The molecule has 2 heterocycles. The molecule has 1 aromatic rings. The molecule has 1 N–H and O–H groups in total. The SMILES string of the molecule is CCC(=O)C1=C(C)NC(C)=C(C(=O)CC)C1c1cccs1. The van der Waals surface area contributed by atoms with Gasteiger partial charge in [-0.05, 0) is 25.3 Å². The number of allylic oxidation sites excluding steroid dienone is 4. The summed E-state index contributed by atoms with van der Waals surface area (Å²) in [7, 11) is 0. The highest BCUT2D eigenvalue weighted by molar-refractivity contribution is 7.10. The van der Waals surface area contributed by atoms with Gasteiger partial charge in [0.15, 0.2) is 11.6 Å². The third kappa shape index (κ3) is 2.86. The van der Waals surface area contributed by atoms with E-state index in [9.17, 15) is 9.59 Å². The maximum Gasteiger partial charge on any atom is 0.161 e. The van der Waals surface area contributed by atoms with Gasteiger partial charge >= 0.3 is 0 Å². The molecule has 1 aromatic heterocycles. The third-order valence-corrected chi connectivity index (χ3v) is 4.77. The molecule has 0 unspecified atom stereocenters. The minimum Gasteiger partial charge on any atom is -0.362 e. The molecule has 0 radical (unpaired) electrons. The molecule has 0 saturated heterocycles. The Balaban J connectivity index is 2.63. The fourth-order valence-electron chi connectivity index (χ4n) is 2.85. The summed E-state index contributed by atoms with van der Waals surface area (Å²) in [6.45, 7) is 7.56. The van der Waals surface area contributed by atoms with E-state index in [0.29, 0.717) is 12.8 Å². The van der Waals surface area contributed by atoms with Crippen LogP contribution in [0.5, 0.6) is 0 Å². The van der Waals surface area contributed by atoms with Crippen molar-refractivity contribution in [2.45, 2.75) is 46.5 Å². The molecule has 0 aliphatic carbocycles. The van der Waals surface area contributed by atoms with Crippen molar-refractivity contribution in [3.05, 3.63) is 44.9 Å². The van der Waals surface area contributed by atoms with Gasteiger partial charge in [0.2, 0.25) is 0 Å². The van der Waals surface area contributed by atoms with Crippen molar-refractivity contribution in [2.24, 2.45) is 0 Å². The lowest BCUT2D eigenvalue weighted by Gasteiger charge is -2.30. The van der Waals surface area contributed by atoms with Crippen LogP contribution in [-0.2, 0) is 9.59 Å². The van der Waals surface area contributed by atoms with Crippen LogP contribution in [0, 0.1) is 0 Å². The number of carbonyl (C=O) groups is 2. The van der Waals surface area contributed by atoms with Crippen LogP contribution in [0.3, 0.4) is 0 Å². The summed E-state index contributed by atoms with van der Waals surface area (Å²) >= 11 is 1.60. The highest BCUT2D eigenvalue weighted by Gasteiger charge is 2.35. The number of carbonyl (C=O) groups excluding carboxylic acids is 2. The van der Waals surface area contributed by atoms with Crippen molar-refractivity contribution in [2.75, 3.05) is 0 Å². The standard InChI is InChI=1S/C17H21NO2S/c1-5-12(19)15-10(3)18-11(4)16(13(20)6-2)17(15)14-8-7-9-21-14/h7-9,17-18H,5-6H2,1-4H3. The Morgan fingerprint density at radius 3 is 2.00 bits per heavy atom. The first kappa shape index (κ1) is 15.7. The molecule has 0 fully saturated rings. The zero-order valence-electron chi connectivity index (χ0n) is 12.9. The summed E-state index contributed by atoms with van der Waals surface area (Å²) in [6.07, 6.45) is 0.895. The molecule has 1 aliphatic heterocycles. The Kier molecular flexibility index (Phi) is 4.78. The quantitative estimate of drug-likeness (QED) is 0.896. The van der Waals surface area contributed by atoms with Crippen LogP contribution in [0.25, 0.3) is 0 Å². The molecule has 0 atom stereocenters. The van der Waals surface area contributed by atoms with Gasteiger partial charge in [-0.15, -0.1) is 11.3 Å². The van der Waals surface area contributed by atoms with Crippen molar-refractivity contribution >= 4 is 22.9 Å². The molecule has 4 heteroatoms. The first-order valence-corrected chi connectivity index (χ1v) is 8.17. The lowest BCUT2D eigenvalue weighted by molar-refractivity contribution is -0.116. The first-order valence-electron chi connectivity index (χ1n) is 7.29. The second-order valence-electron chi connectivity index (χ2n) is 5.20. The van der Waals surface area contributed by atoms with Crippen LogP contribution in [0.2, 0.25) is 0 Å². The Morgan fingerprint density at radius 1 is 1.10 bits per heavy atom. The van der Waals surface area contributed by atoms with Crippen molar-refractivity contribution in [1.29, 1.82) is 0 Å². The second-order valence-corrected chi connectivity index (χ2v) is 6.18. The summed E-state index contributed by atoms with van der Waals surface area (Å²) in [5, 5.41) is 5.21. The molecule has 112 valence electrons. The van der Waals surface area contributed by atoms with Gasteiger partial charge < -0.3 is 5.32 Å². The van der Waals surface area contributed by atoms with Crippen molar-refractivity contribution < 1.29 is 9.59 Å². The molecule has 21 heavy (non-hydrogen) atoms. The van der Waals surface area contributed by atoms with E-state index in [2.05, 4.69) is 5.32 Å². The van der Waals surface area contributed by atoms with Crippen LogP contribution in [0.1, 0.15) is 51.3 Å². The number of rotatable bonds is 5. The van der Waals surface area contributed by atoms with Crippen LogP contribution in [0.15, 0.2) is 40.1 Å². The highest BCUT2D eigenvalue weighted by Crippen LogP contribution is 2.41. The van der Waals surface area contributed by atoms with Crippen molar-refractivity contribution in [3.63, 3.8) is 0 Å². The van der Waals surface area contributed by atoms with E-state index in [1.807, 2.05) is 45.2 Å². The van der Waals surface area contributed by atoms with Gasteiger partial charge in [-0.1, -0.05) is 19.9 Å². The first-order chi connectivity index (χ1) is 10.0. The lowest BCUT2D eigenvalue weighted by atomic mass is 9.79. The average molecular weight is 303 g/mol. The van der Waals surface area contributed by atoms with Crippen LogP contribution in [-0.4, -0.2) is 11.6 Å². The molecule has 0 bridgehead atoms. The molecule has 3 nitrogen and oxygen atoms in total. The number of hydrogen-bond acceptors (Lipinski definition) is 4. The highest BCUT2D eigenvalue weighted by atomic mass is 32.1. The smallest absolute Gasteiger partial charge is 0.161 e. The molecule has 0 amide bonds. The van der Waals surface area contributed by atoms with Crippen LogP contribution >= 0.6 is 11.3 Å². The minimum absolute atomic E-state index is 0.104. The zero-order chi connectivity index (χ0) is 15.6. The van der Waals surface area contributed by atoms with Crippen molar-refractivity contribution in [1.82, 2.24) is 5.32 Å². The molecular weight excluding hydrogens is 282 g/mol. The van der Waals surface area contributed by atoms with E-state index < -0.39 is 0 Å². The summed E-state index contributed by atoms with van der Waals surface area (Å²) in [5.74, 6) is -0.00856. The van der Waals surface area contributed by atoms with E-state index in [-0.39, 0.29) is 17.5 Å². The molecule has 1 aliphatic rings. The second kappa shape index (κ2) is 6.39. The van der Waals surface area contributed by atoms with Gasteiger partial charge in [-0.25, -0.2) is 0 Å². The molecule has 0 spiro atoms. The predicted molar refractivity (Wildman–Crippen MR) is 86.2 cm³/mol. The van der Waals surface area contributed by atoms with E-state index in [4.69, 9.17) is 0 Å². The van der Waals surface area contributed by atoms with Gasteiger partial charge in [-0.3, -0.25) is 9.59 Å². The van der Waals surface area contributed by atoms with Gasteiger partial charge in [-0.2, -0.15) is 0 Å². The number of ketones is 2. The van der Waals surface area contributed by atoms with Crippen LogP contribution in [0.4, 0.5) is 0 Å². The summed E-state index contributed by atoms with van der Waals surface area (Å²) in [6, 6.07) is 3.97. The van der Waals surface area contributed by atoms with Crippen molar-refractivity contribution in [3.8, 4) is 0 Å². The van der Waals surface area contributed by atoms with E-state index >= 15 is 0 Å². The average Bonchev–Trinajstić information content (AvgIpc) is 2.99. The fourth-order valence-corrected chi connectivity index (χ4v) is 3.70. The summed E-state index contributed by atoms with van der Waals surface area (Å²) in [4.78, 5) is 25.9. The Bertz CT molecular complexity index is 585. The fraction of sp³-hybridized carbons (Fsp3) is 0.412. The van der Waals surface area contributed by atoms with Gasteiger partial charge in [0.05, 0.1) is 5.92 Å². The number of Topliss-reactive ketones (excluding diaryl/α,β-unsaturated/α-hetero) is 2. The Labute approximate surface area is 129 Å². The molecule has 0 aromatic carbocycles. The third-order valence-electron chi connectivity index (χ3n) is 3.83. The number of thiophene rings is 1. The van der Waals surface area contributed by atoms with E-state index in [1.54, 1.807) is 11.3 Å². The maximum atomic E-state index is 12.4. The largest absolute Gasteiger partial charge is 0.362 e. The molecule has 0 saturated carbocycles. The summed E-state index contributed by atoms with van der Waals surface area (Å²) < 4.78 is 0. The predicted octanol–water partition coefficient (Wildman–Crippen LogP) is 3.94. The lowest BCUT2D eigenvalue weighted by Crippen LogP contribution is -2.30. The zero-order valence-corrected chi connectivity index (χ0v) is 13.8. The van der Waals surface area contributed by atoms with Gasteiger partial charge in [0.1, 0.15) is 0 Å². The molecular formula is C17H21NO2S. The number of hydrogen-bond donors (Lipinski definition) is 1. The minimum atomic E-state index is -0.217. The maximum absolute atomic E-state index is 12.4. The number of nitrogens with one attached hydrogen (secondary N) is 1. The number of dihydropyridines is 1. The monoisotopic (exact) mass is 303 g/mol. The summed E-state index contributed by atoms with van der Waals surface area (Å²) in [5.41, 5.74) is 3.21. The van der Waals surface area contributed by atoms with Gasteiger partial charge in [0.25, 0.3) is 0 Å². The van der Waals surface area contributed by atoms with Crippen LogP contribution < -0.4 is 5.32 Å². The Hall–Kier alpha value is -1.68. The Morgan fingerprint density at radius 2 is 1.62 bits per heavy atom. The normalized spacial score (nSPS) is 16.2. The van der Waals surface area contributed by atoms with E-state index in [0.717, 1.165) is 27.4 Å². The van der Waals surface area contributed by atoms with Gasteiger partial charge in [0, 0.05) is 40.3 Å². The molecule has 2 rings (SSSR count).